The highest BCUT2D eigenvalue weighted by molar-refractivity contribution is 9.10. The van der Waals surface area contributed by atoms with Gasteiger partial charge in [-0.05, 0) is 61.7 Å². The first-order valence-corrected chi connectivity index (χ1v) is 13.5. The van der Waals surface area contributed by atoms with Gasteiger partial charge in [0.15, 0.2) is 0 Å². The monoisotopic (exact) mass is 558 g/mol. The third-order valence-electron chi connectivity index (χ3n) is 4.98. The van der Waals surface area contributed by atoms with E-state index in [4.69, 9.17) is 4.74 Å². The molecule has 0 spiro atoms. The number of carbonyl (C=O) groups excluding carboxylic acids is 1. The lowest BCUT2D eigenvalue weighted by molar-refractivity contribution is -0.155. The van der Waals surface area contributed by atoms with Crippen molar-refractivity contribution < 1.29 is 18.3 Å². The van der Waals surface area contributed by atoms with E-state index in [1.807, 2.05) is 27.7 Å². The van der Waals surface area contributed by atoms with Gasteiger partial charge in [-0.3, -0.25) is 4.79 Å². The molecule has 35 heavy (non-hydrogen) atoms. The van der Waals surface area contributed by atoms with Crippen LogP contribution in [0.2, 0.25) is 0 Å². The average Bonchev–Trinajstić information content (AvgIpc) is 3.11. The SMILES string of the molecule is CCCC.CCCCCC(C)CC(=O)OC(C)(C)C.Cc1nn(-c2ccc(C(F)F)cc2)cc1Br. The lowest BCUT2D eigenvalue weighted by atomic mass is 10.00. The van der Waals surface area contributed by atoms with E-state index >= 15 is 0 Å². The Morgan fingerprint density at radius 2 is 1.63 bits per heavy atom. The van der Waals surface area contributed by atoms with Gasteiger partial charge in [0.25, 0.3) is 6.43 Å². The van der Waals surface area contributed by atoms with E-state index in [2.05, 4.69) is 48.7 Å². The number of nitrogens with zero attached hydrogens (tertiary/aromatic N) is 2. The number of unbranched alkanes of at least 4 members (excludes halogenated alkanes) is 3. The number of ether oxygens (including phenoxy) is 1. The van der Waals surface area contributed by atoms with Crippen LogP contribution in [0.5, 0.6) is 0 Å². The molecule has 0 fully saturated rings. The molecule has 1 aromatic heterocycles. The maximum absolute atomic E-state index is 12.3. The Morgan fingerprint density at radius 3 is 2.03 bits per heavy atom. The molecule has 7 heteroatoms. The lowest BCUT2D eigenvalue weighted by Gasteiger charge is -2.20. The smallest absolute Gasteiger partial charge is 0.306 e. The van der Waals surface area contributed by atoms with Gasteiger partial charge < -0.3 is 4.74 Å². The van der Waals surface area contributed by atoms with E-state index in [9.17, 15) is 13.6 Å². The molecular weight excluding hydrogens is 514 g/mol. The topological polar surface area (TPSA) is 44.1 Å². The van der Waals surface area contributed by atoms with E-state index in [-0.39, 0.29) is 17.1 Å². The molecule has 0 bridgehead atoms. The fourth-order valence-electron chi connectivity index (χ4n) is 2.86. The highest BCUT2D eigenvalue weighted by Crippen LogP contribution is 2.21. The van der Waals surface area contributed by atoms with Crippen LogP contribution in [0.15, 0.2) is 34.9 Å². The van der Waals surface area contributed by atoms with Crippen molar-refractivity contribution in [1.82, 2.24) is 9.78 Å². The normalized spacial score (nSPS) is 11.8. The summed E-state index contributed by atoms with van der Waals surface area (Å²) in [6, 6.07) is 6.07. The van der Waals surface area contributed by atoms with Crippen molar-refractivity contribution in [3.05, 3.63) is 46.2 Å². The molecule has 0 N–H and O–H groups in total. The maximum Gasteiger partial charge on any atom is 0.306 e. The minimum Gasteiger partial charge on any atom is -0.460 e. The number of hydrogen-bond donors (Lipinski definition) is 0. The molecule has 0 amide bonds. The van der Waals surface area contributed by atoms with Crippen LogP contribution < -0.4 is 0 Å². The van der Waals surface area contributed by atoms with Crippen molar-refractivity contribution in [2.24, 2.45) is 5.92 Å². The van der Waals surface area contributed by atoms with Crippen molar-refractivity contribution >= 4 is 21.9 Å². The van der Waals surface area contributed by atoms with Crippen LogP contribution in [-0.2, 0) is 9.53 Å². The summed E-state index contributed by atoms with van der Waals surface area (Å²) in [7, 11) is 0. The van der Waals surface area contributed by atoms with E-state index in [0.717, 1.165) is 22.3 Å². The molecule has 1 heterocycles. The van der Waals surface area contributed by atoms with Gasteiger partial charge in [-0.25, -0.2) is 13.5 Å². The van der Waals surface area contributed by atoms with Crippen molar-refractivity contribution in [1.29, 1.82) is 0 Å². The third-order valence-corrected chi connectivity index (χ3v) is 5.76. The number of aryl methyl sites for hydroxylation is 1. The van der Waals surface area contributed by atoms with E-state index < -0.39 is 6.43 Å². The highest BCUT2D eigenvalue weighted by Gasteiger charge is 2.18. The zero-order valence-corrected chi connectivity index (χ0v) is 24.4. The van der Waals surface area contributed by atoms with Gasteiger partial charge in [0.05, 0.1) is 15.9 Å². The molecular formula is C28H45BrF2N2O2. The van der Waals surface area contributed by atoms with Gasteiger partial charge in [-0.15, -0.1) is 0 Å². The predicted molar refractivity (Wildman–Crippen MR) is 145 cm³/mol. The second kappa shape index (κ2) is 17.6. The van der Waals surface area contributed by atoms with Crippen molar-refractivity contribution in [3.63, 3.8) is 0 Å². The number of carbonyl (C=O) groups is 1. The van der Waals surface area contributed by atoms with Crippen LogP contribution in [0, 0.1) is 12.8 Å². The summed E-state index contributed by atoms with van der Waals surface area (Å²) in [6.45, 7) is 16.3. The Bertz CT molecular complexity index is 809. The zero-order valence-electron chi connectivity index (χ0n) is 22.8. The van der Waals surface area contributed by atoms with Crippen molar-refractivity contribution in [3.8, 4) is 5.69 Å². The second-order valence-corrected chi connectivity index (χ2v) is 10.6. The summed E-state index contributed by atoms with van der Waals surface area (Å²) in [5.41, 5.74) is 1.29. The Labute approximate surface area is 220 Å². The summed E-state index contributed by atoms with van der Waals surface area (Å²) in [6.07, 6.45) is 7.42. The first-order valence-electron chi connectivity index (χ1n) is 12.7. The first kappa shape index (κ1) is 33.2. The first-order chi connectivity index (χ1) is 16.3. The van der Waals surface area contributed by atoms with Gasteiger partial charge in [-0.1, -0.05) is 78.4 Å². The van der Waals surface area contributed by atoms with Crippen LogP contribution in [0.4, 0.5) is 8.78 Å². The molecule has 0 aliphatic carbocycles. The molecule has 4 nitrogen and oxygen atoms in total. The Hall–Kier alpha value is -1.76. The Kier molecular flexibility index (Phi) is 16.7. The summed E-state index contributed by atoms with van der Waals surface area (Å²) in [5, 5.41) is 4.24. The average molecular weight is 560 g/mol. The number of aromatic nitrogens is 2. The van der Waals surface area contributed by atoms with Gasteiger partial charge in [-0.2, -0.15) is 5.10 Å². The number of rotatable bonds is 9. The van der Waals surface area contributed by atoms with Crippen molar-refractivity contribution in [2.75, 3.05) is 0 Å². The molecule has 200 valence electrons. The van der Waals surface area contributed by atoms with Crippen LogP contribution in [0.25, 0.3) is 5.69 Å². The number of hydrogen-bond acceptors (Lipinski definition) is 3. The van der Waals surface area contributed by atoms with Gasteiger partial charge in [0.2, 0.25) is 0 Å². The summed E-state index contributed by atoms with van der Waals surface area (Å²) < 4.78 is 32.5. The number of halogens is 3. The molecule has 1 atom stereocenters. The molecule has 1 unspecified atom stereocenters. The highest BCUT2D eigenvalue weighted by atomic mass is 79.9. The summed E-state index contributed by atoms with van der Waals surface area (Å²) in [4.78, 5) is 11.5. The standard InChI is InChI=1S/C13H26O2.C11H9BrF2N2.C4H10/c1-6-7-8-9-11(2)10-12(14)15-13(3,4)5;1-7-10(12)6-16(15-7)9-4-2-8(3-5-9)11(13)14;1-3-4-2/h11H,6-10H2,1-5H3;2-6,11H,1H3;3-4H2,1-2H3. The number of esters is 1. The van der Waals surface area contributed by atoms with Crippen LogP contribution in [-0.4, -0.2) is 21.4 Å². The molecule has 1 aromatic carbocycles. The lowest BCUT2D eigenvalue weighted by Crippen LogP contribution is -2.24. The van der Waals surface area contributed by atoms with Crippen LogP contribution in [0.1, 0.15) is 111 Å². The molecule has 0 radical (unpaired) electrons. The maximum atomic E-state index is 12.3. The Morgan fingerprint density at radius 1 is 1.06 bits per heavy atom. The van der Waals surface area contributed by atoms with E-state index in [1.165, 1.54) is 44.2 Å². The number of alkyl halides is 2. The molecule has 2 aromatic rings. The van der Waals surface area contributed by atoms with E-state index in [0.29, 0.717) is 12.3 Å². The molecule has 0 saturated heterocycles. The molecule has 2 rings (SSSR count). The minimum atomic E-state index is -2.43. The van der Waals surface area contributed by atoms with Crippen LogP contribution in [0.3, 0.4) is 0 Å². The quantitative estimate of drug-likeness (QED) is 0.227. The van der Waals surface area contributed by atoms with E-state index in [1.54, 1.807) is 23.0 Å². The van der Waals surface area contributed by atoms with Crippen molar-refractivity contribution in [2.45, 2.75) is 112 Å². The molecule has 0 saturated carbocycles. The second-order valence-electron chi connectivity index (χ2n) is 9.79. The summed E-state index contributed by atoms with van der Waals surface area (Å²) in [5.74, 6) is 0.387. The zero-order chi connectivity index (χ0) is 27.0. The van der Waals surface area contributed by atoms with Gasteiger partial charge in [0.1, 0.15) is 5.60 Å². The minimum absolute atomic E-state index is 0.0201. The Balaban J connectivity index is 0.000000575. The predicted octanol–water partition coefficient (Wildman–Crippen LogP) is 9.62. The number of benzene rings is 1. The van der Waals surface area contributed by atoms with Gasteiger partial charge >= 0.3 is 5.97 Å². The largest absolute Gasteiger partial charge is 0.460 e. The fourth-order valence-corrected chi connectivity index (χ4v) is 3.13. The molecule has 0 aliphatic rings. The van der Waals surface area contributed by atoms with Crippen LogP contribution >= 0.6 is 15.9 Å². The molecule has 0 aliphatic heterocycles. The third kappa shape index (κ3) is 15.8. The summed E-state index contributed by atoms with van der Waals surface area (Å²) >= 11 is 3.35. The fraction of sp³-hybridized carbons (Fsp3) is 0.643. The van der Waals surface area contributed by atoms with Gasteiger partial charge in [0, 0.05) is 18.2 Å².